The number of ether oxygens (including phenoxy) is 1. The van der Waals surface area contributed by atoms with E-state index in [1.807, 2.05) is 0 Å². The molecule has 0 aromatic carbocycles. The highest BCUT2D eigenvalue weighted by molar-refractivity contribution is 5.92. The Bertz CT molecular complexity index is 665. The zero-order valence-electron chi connectivity index (χ0n) is 12.5. The Balaban J connectivity index is 0.000000816. The van der Waals surface area contributed by atoms with Gasteiger partial charge in [-0.05, 0) is 19.1 Å². The second-order valence-electron chi connectivity index (χ2n) is 4.19. The van der Waals surface area contributed by atoms with E-state index in [1.54, 1.807) is 13.0 Å². The number of hydrogen-bond donors (Lipinski definition) is 2. The van der Waals surface area contributed by atoms with Crippen molar-refractivity contribution in [3.05, 3.63) is 41.4 Å². The second-order valence-corrected chi connectivity index (χ2v) is 4.19. The molecule has 9 heteroatoms. The van der Waals surface area contributed by atoms with Crippen LogP contribution in [0, 0.1) is 6.92 Å². The molecule has 0 spiro atoms. The van der Waals surface area contributed by atoms with Crippen molar-refractivity contribution in [3.63, 3.8) is 0 Å². The van der Waals surface area contributed by atoms with Crippen LogP contribution in [0.4, 0.5) is 5.82 Å². The standard InChI is InChI=1S/C13H13N3O4.CH2O2/c1-8-5-10(20-16-8)6-12(17)15-11-4-3-9(7-14-11)13(18)19-2;2-1-3/h3-5,7H,6H2,1-2H3,(H,14,15,17);1H,(H,2,3). The SMILES string of the molecule is COC(=O)c1ccc(NC(=O)Cc2cc(C)no2)nc1.O=CO. The monoisotopic (exact) mass is 321 g/mol. The number of anilines is 1. The number of carbonyl (C=O) groups is 3. The maximum atomic E-state index is 11.7. The van der Waals surface area contributed by atoms with E-state index in [1.165, 1.54) is 25.4 Å². The van der Waals surface area contributed by atoms with Gasteiger partial charge in [-0.1, -0.05) is 5.16 Å². The molecule has 0 saturated heterocycles. The normalized spacial score (nSPS) is 9.30. The number of nitrogens with one attached hydrogen (secondary N) is 1. The summed E-state index contributed by atoms with van der Waals surface area (Å²) in [5.74, 6) is 0.0667. The van der Waals surface area contributed by atoms with Gasteiger partial charge in [0.05, 0.1) is 24.8 Å². The fourth-order valence-electron chi connectivity index (χ4n) is 1.55. The minimum Gasteiger partial charge on any atom is -0.483 e. The fourth-order valence-corrected chi connectivity index (χ4v) is 1.55. The summed E-state index contributed by atoms with van der Waals surface area (Å²) in [4.78, 5) is 35.3. The van der Waals surface area contributed by atoms with Crippen LogP contribution in [0.5, 0.6) is 0 Å². The lowest BCUT2D eigenvalue weighted by Crippen LogP contribution is -2.15. The lowest BCUT2D eigenvalue weighted by Gasteiger charge is -2.03. The first-order valence-corrected chi connectivity index (χ1v) is 6.34. The van der Waals surface area contributed by atoms with Crippen molar-refractivity contribution in [2.75, 3.05) is 12.4 Å². The lowest BCUT2D eigenvalue weighted by molar-refractivity contribution is -0.123. The number of nitrogens with zero attached hydrogens (tertiary/aromatic N) is 2. The van der Waals surface area contributed by atoms with E-state index >= 15 is 0 Å². The molecule has 0 aliphatic carbocycles. The zero-order chi connectivity index (χ0) is 17.2. The van der Waals surface area contributed by atoms with Crippen molar-refractivity contribution < 1.29 is 28.8 Å². The van der Waals surface area contributed by atoms with Gasteiger partial charge in [0.2, 0.25) is 5.91 Å². The van der Waals surface area contributed by atoms with Crippen LogP contribution in [0.1, 0.15) is 21.8 Å². The summed E-state index contributed by atoms with van der Waals surface area (Å²) in [6.45, 7) is 1.53. The molecule has 2 aromatic rings. The zero-order valence-corrected chi connectivity index (χ0v) is 12.5. The maximum absolute atomic E-state index is 11.7. The van der Waals surface area contributed by atoms with E-state index in [2.05, 4.69) is 20.2 Å². The molecule has 0 saturated carbocycles. The Kier molecular flexibility index (Phi) is 6.92. The van der Waals surface area contributed by atoms with E-state index in [-0.39, 0.29) is 18.8 Å². The summed E-state index contributed by atoms with van der Waals surface area (Å²) >= 11 is 0. The summed E-state index contributed by atoms with van der Waals surface area (Å²) < 4.78 is 9.50. The predicted octanol–water partition coefficient (Wildman–Crippen LogP) is 1.05. The molecule has 0 bridgehead atoms. The first kappa shape index (κ1) is 17.8. The molecule has 9 nitrogen and oxygen atoms in total. The molecule has 2 heterocycles. The van der Waals surface area contributed by atoms with Crippen molar-refractivity contribution in [2.45, 2.75) is 13.3 Å². The van der Waals surface area contributed by atoms with Crippen molar-refractivity contribution >= 4 is 24.2 Å². The molecule has 122 valence electrons. The quantitative estimate of drug-likeness (QED) is 0.631. The minimum atomic E-state index is -0.479. The molecule has 0 unspecified atom stereocenters. The highest BCUT2D eigenvalue weighted by atomic mass is 16.5. The molecule has 0 atom stereocenters. The molecule has 2 aromatic heterocycles. The van der Waals surface area contributed by atoms with Crippen molar-refractivity contribution in [1.82, 2.24) is 10.1 Å². The average Bonchev–Trinajstić information content (AvgIpc) is 2.93. The molecule has 0 fully saturated rings. The predicted molar refractivity (Wildman–Crippen MR) is 77.8 cm³/mol. The Labute approximate surface area is 131 Å². The van der Waals surface area contributed by atoms with Crippen molar-refractivity contribution in [3.8, 4) is 0 Å². The first-order valence-electron chi connectivity index (χ1n) is 6.34. The van der Waals surface area contributed by atoms with Gasteiger partial charge in [-0.2, -0.15) is 0 Å². The number of rotatable bonds is 4. The maximum Gasteiger partial charge on any atom is 0.339 e. The van der Waals surface area contributed by atoms with Gasteiger partial charge in [0.15, 0.2) is 0 Å². The van der Waals surface area contributed by atoms with E-state index in [0.29, 0.717) is 22.8 Å². The average molecular weight is 321 g/mol. The summed E-state index contributed by atoms with van der Waals surface area (Å²) in [7, 11) is 1.29. The highest BCUT2D eigenvalue weighted by Crippen LogP contribution is 2.08. The van der Waals surface area contributed by atoms with Gasteiger partial charge in [-0.15, -0.1) is 0 Å². The van der Waals surface area contributed by atoms with E-state index in [0.717, 1.165) is 0 Å². The molecule has 2 rings (SSSR count). The van der Waals surface area contributed by atoms with Gasteiger partial charge in [-0.3, -0.25) is 9.59 Å². The fraction of sp³-hybridized carbons (Fsp3) is 0.214. The number of aryl methyl sites for hydroxylation is 1. The van der Waals surface area contributed by atoms with Gasteiger partial charge < -0.3 is 19.7 Å². The van der Waals surface area contributed by atoms with E-state index in [9.17, 15) is 9.59 Å². The van der Waals surface area contributed by atoms with Gasteiger partial charge in [0.1, 0.15) is 11.6 Å². The van der Waals surface area contributed by atoms with Crippen LogP contribution >= 0.6 is 0 Å². The number of aromatic nitrogens is 2. The minimum absolute atomic E-state index is 0.0707. The topological polar surface area (TPSA) is 132 Å². The van der Waals surface area contributed by atoms with Gasteiger partial charge in [-0.25, -0.2) is 9.78 Å². The number of carboxylic acid groups (broad SMARTS) is 1. The van der Waals surface area contributed by atoms with Crippen LogP contribution < -0.4 is 5.32 Å². The highest BCUT2D eigenvalue weighted by Gasteiger charge is 2.10. The van der Waals surface area contributed by atoms with Crippen LogP contribution in [0.2, 0.25) is 0 Å². The summed E-state index contributed by atoms with van der Waals surface area (Å²) in [5.41, 5.74) is 1.03. The lowest BCUT2D eigenvalue weighted by atomic mass is 10.2. The van der Waals surface area contributed by atoms with Crippen LogP contribution in [0.25, 0.3) is 0 Å². The summed E-state index contributed by atoms with van der Waals surface area (Å²) in [6.07, 6.45) is 1.40. The number of amides is 1. The third-order valence-electron chi connectivity index (χ3n) is 2.46. The Hall–Kier alpha value is -3.23. The molecule has 0 radical (unpaired) electrons. The summed E-state index contributed by atoms with van der Waals surface area (Å²) in [6, 6.07) is 4.73. The third-order valence-corrected chi connectivity index (χ3v) is 2.46. The molecule has 0 aliphatic rings. The number of carbonyl (C=O) groups excluding carboxylic acids is 2. The van der Waals surface area contributed by atoms with Gasteiger partial charge >= 0.3 is 5.97 Å². The smallest absolute Gasteiger partial charge is 0.339 e. The van der Waals surface area contributed by atoms with Gasteiger partial charge in [0.25, 0.3) is 6.47 Å². The van der Waals surface area contributed by atoms with E-state index < -0.39 is 5.97 Å². The number of esters is 1. The Morgan fingerprint density at radius 3 is 2.61 bits per heavy atom. The Morgan fingerprint density at radius 1 is 1.43 bits per heavy atom. The molecule has 0 aliphatic heterocycles. The molecule has 23 heavy (non-hydrogen) atoms. The second kappa shape index (κ2) is 8.93. The Morgan fingerprint density at radius 2 is 2.13 bits per heavy atom. The number of pyridine rings is 1. The molecular formula is C14H15N3O6. The van der Waals surface area contributed by atoms with Crippen molar-refractivity contribution in [2.24, 2.45) is 0 Å². The molecule has 1 amide bonds. The van der Waals surface area contributed by atoms with Crippen LogP contribution in [0.3, 0.4) is 0 Å². The van der Waals surface area contributed by atoms with Crippen molar-refractivity contribution in [1.29, 1.82) is 0 Å². The summed E-state index contributed by atoms with van der Waals surface area (Å²) in [5, 5.41) is 13.2. The molecule has 2 N–H and O–H groups in total. The van der Waals surface area contributed by atoms with Crippen LogP contribution in [-0.4, -0.2) is 40.7 Å². The number of hydrogen-bond acceptors (Lipinski definition) is 7. The first-order chi connectivity index (χ1) is 11.0. The molecular weight excluding hydrogens is 306 g/mol. The van der Waals surface area contributed by atoms with E-state index in [4.69, 9.17) is 14.4 Å². The largest absolute Gasteiger partial charge is 0.483 e. The number of methoxy groups -OCH3 is 1. The third kappa shape index (κ3) is 5.96. The van der Waals surface area contributed by atoms with Crippen LogP contribution in [0.15, 0.2) is 28.9 Å². The van der Waals surface area contributed by atoms with Crippen LogP contribution in [-0.2, 0) is 20.7 Å². The van der Waals surface area contributed by atoms with Gasteiger partial charge in [0, 0.05) is 12.3 Å².